The Bertz CT molecular complexity index is 1170. The largest absolute Gasteiger partial charge is 0.454 e. The van der Waals surface area contributed by atoms with Crippen LogP contribution in [-0.4, -0.2) is 28.4 Å². The summed E-state index contributed by atoms with van der Waals surface area (Å²) >= 11 is 0. The predicted molar refractivity (Wildman–Crippen MR) is 104 cm³/mol. The van der Waals surface area contributed by atoms with Gasteiger partial charge in [0.25, 0.3) is 11.5 Å². The first-order valence-corrected chi connectivity index (χ1v) is 8.68. The van der Waals surface area contributed by atoms with Crippen molar-refractivity contribution in [3.05, 3.63) is 70.5 Å². The van der Waals surface area contributed by atoms with E-state index < -0.39 is 17.4 Å². The number of para-hydroxylation sites is 1. The van der Waals surface area contributed by atoms with E-state index in [1.54, 1.807) is 42.5 Å². The Morgan fingerprint density at radius 1 is 1.07 bits per heavy atom. The molecule has 2 amide bonds. The van der Waals surface area contributed by atoms with Gasteiger partial charge in [0.1, 0.15) is 6.54 Å². The maximum atomic E-state index is 12.4. The van der Waals surface area contributed by atoms with Crippen LogP contribution in [0.3, 0.4) is 0 Å². The second kappa shape index (κ2) is 7.47. The monoisotopic (exact) mass is 392 g/mol. The molecule has 0 radical (unpaired) electrons. The lowest BCUT2D eigenvalue weighted by Crippen LogP contribution is -2.30. The molecule has 2 aromatic carbocycles. The smallest absolute Gasteiger partial charge is 0.267 e. The SMILES string of the molecule is NC(=O)c1ccccc1NC(=O)Cn1nc(-c2ccc3c(c2)OCO3)ccc1=O. The topological polar surface area (TPSA) is 126 Å². The van der Waals surface area contributed by atoms with E-state index >= 15 is 0 Å². The molecule has 9 nitrogen and oxygen atoms in total. The number of benzene rings is 2. The normalized spacial score (nSPS) is 11.9. The molecular formula is C20H16N4O5. The predicted octanol–water partition coefficient (Wildman–Crippen LogP) is 1.38. The summed E-state index contributed by atoms with van der Waals surface area (Å²) in [5.41, 5.74) is 6.52. The highest BCUT2D eigenvalue weighted by Crippen LogP contribution is 2.35. The number of hydrogen-bond donors (Lipinski definition) is 2. The van der Waals surface area contributed by atoms with Crippen LogP contribution in [-0.2, 0) is 11.3 Å². The number of aromatic nitrogens is 2. The number of ether oxygens (including phenoxy) is 2. The van der Waals surface area contributed by atoms with Gasteiger partial charge in [0.05, 0.1) is 16.9 Å². The number of nitrogens with two attached hydrogens (primary N) is 1. The molecule has 1 aliphatic heterocycles. The highest BCUT2D eigenvalue weighted by molar-refractivity contribution is 6.02. The molecule has 29 heavy (non-hydrogen) atoms. The molecule has 2 heterocycles. The van der Waals surface area contributed by atoms with Gasteiger partial charge in [-0.3, -0.25) is 14.4 Å². The molecule has 3 N–H and O–H groups in total. The number of fused-ring (bicyclic) bond motifs is 1. The average molecular weight is 392 g/mol. The van der Waals surface area contributed by atoms with Crippen LogP contribution in [0, 0.1) is 0 Å². The Kier molecular flexibility index (Phi) is 4.70. The van der Waals surface area contributed by atoms with Gasteiger partial charge in [0, 0.05) is 11.6 Å². The fraction of sp³-hybridized carbons (Fsp3) is 0.100. The highest BCUT2D eigenvalue weighted by Gasteiger charge is 2.16. The molecule has 0 bridgehead atoms. The molecule has 1 aromatic heterocycles. The fourth-order valence-corrected chi connectivity index (χ4v) is 2.90. The number of carbonyl (C=O) groups is 2. The molecule has 146 valence electrons. The van der Waals surface area contributed by atoms with Gasteiger partial charge in [-0.15, -0.1) is 0 Å². The van der Waals surface area contributed by atoms with Crippen LogP contribution < -0.4 is 26.1 Å². The summed E-state index contributed by atoms with van der Waals surface area (Å²) in [6, 6.07) is 14.5. The van der Waals surface area contributed by atoms with E-state index in [0.29, 0.717) is 22.8 Å². The Morgan fingerprint density at radius 3 is 2.69 bits per heavy atom. The lowest BCUT2D eigenvalue weighted by atomic mass is 10.1. The molecule has 0 saturated carbocycles. The standard InChI is InChI=1S/C20H16N4O5/c21-20(27)13-3-1-2-4-15(13)22-18(25)10-24-19(26)8-6-14(23-24)12-5-7-16-17(9-12)29-11-28-16/h1-9H,10-11H2,(H2,21,27)(H,22,25). The van der Waals surface area contributed by atoms with Gasteiger partial charge < -0.3 is 20.5 Å². The summed E-state index contributed by atoms with van der Waals surface area (Å²) in [5.74, 6) is 0.0366. The van der Waals surface area contributed by atoms with Crippen LogP contribution in [0.5, 0.6) is 11.5 Å². The number of anilines is 1. The minimum absolute atomic E-state index is 0.151. The fourth-order valence-electron chi connectivity index (χ4n) is 2.90. The van der Waals surface area contributed by atoms with Crippen LogP contribution in [0.2, 0.25) is 0 Å². The number of carbonyl (C=O) groups excluding carboxylic acids is 2. The molecule has 4 rings (SSSR count). The van der Waals surface area contributed by atoms with E-state index in [2.05, 4.69) is 10.4 Å². The summed E-state index contributed by atoms with van der Waals surface area (Å²) < 4.78 is 11.7. The summed E-state index contributed by atoms with van der Waals surface area (Å²) in [4.78, 5) is 36.0. The van der Waals surface area contributed by atoms with Gasteiger partial charge in [0.2, 0.25) is 12.7 Å². The Morgan fingerprint density at radius 2 is 1.86 bits per heavy atom. The van der Waals surface area contributed by atoms with Crippen LogP contribution in [0.15, 0.2) is 59.4 Å². The second-order valence-electron chi connectivity index (χ2n) is 6.24. The van der Waals surface area contributed by atoms with Crippen molar-refractivity contribution in [2.45, 2.75) is 6.54 Å². The molecule has 1 aliphatic rings. The molecule has 0 spiro atoms. The average Bonchev–Trinajstić information content (AvgIpc) is 3.17. The van der Waals surface area contributed by atoms with Crippen molar-refractivity contribution in [1.29, 1.82) is 0 Å². The quantitative estimate of drug-likeness (QED) is 0.676. The Balaban J connectivity index is 1.56. The van der Waals surface area contributed by atoms with Gasteiger partial charge in [-0.1, -0.05) is 12.1 Å². The molecule has 3 aromatic rings. The number of primary amides is 1. The molecule has 0 atom stereocenters. The van der Waals surface area contributed by atoms with Gasteiger partial charge in [0.15, 0.2) is 11.5 Å². The summed E-state index contributed by atoms with van der Waals surface area (Å²) in [7, 11) is 0. The van der Waals surface area contributed by atoms with Crippen LogP contribution >= 0.6 is 0 Å². The van der Waals surface area contributed by atoms with Gasteiger partial charge in [-0.25, -0.2) is 4.68 Å². The Hall–Kier alpha value is -4.14. The van der Waals surface area contributed by atoms with E-state index in [4.69, 9.17) is 15.2 Å². The van der Waals surface area contributed by atoms with Crippen molar-refractivity contribution in [1.82, 2.24) is 9.78 Å². The van der Waals surface area contributed by atoms with Crippen molar-refractivity contribution in [2.75, 3.05) is 12.1 Å². The highest BCUT2D eigenvalue weighted by atomic mass is 16.7. The molecule has 0 unspecified atom stereocenters. The van der Waals surface area contributed by atoms with Crippen LogP contribution in [0.4, 0.5) is 5.69 Å². The molecule has 9 heteroatoms. The minimum atomic E-state index is -0.666. The summed E-state index contributed by atoms with van der Waals surface area (Å²) in [6.45, 7) is -0.178. The maximum absolute atomic E-state index is 12.4. The third-order valence-corrected chi connectivity index (χ3v) is 4.29. The summed E-state index contributed by atoms with van der Waals surface area (Å²) in [6.07, 6.45) is 0. The molecule has 0 fully saturated rings. The van der Waals surface area contributed by atoms with E-state index in [0.717, 1.165) is 4.68 Å². The maximum Gasteiger partial charge on any atom is 0.267 e. The number of nitrogens with zero attached hydrogens (tertiary/aromatic N) is 2. The van der Waals surface area contributed by atoms with E-state index in [9.17, 15) is 14.4 Å². The number of nitrogens with one attached hydrogen (secondary N) is 1. The molecule has 0 saturated heterocycles. The van der Waals surface area contributed by atoms with Crippen LogP contribution in [0.1, 0.15) is 10.4 Å². The van der Waals surface area contributed by atoms with E-state index in [1.165, 1.54) is 12.1 Å². The first-order valence-electron chi connectivity index (χ1n) is 8.68. The van der Waals surface area contributed by atoms with Crippen molar-refractivity contribution in [2.24, 2.45) is 5.73 Å². The second-order valence-corrected chi connectivity index (χ2v) is 6.24. The zero-order chi connectivity index (χ0) is 20.4. The first kappa shape index (κ1) is 18.2. The zero-order valence-corrected chi connectivity index (χ0v) is 15.1. The number of rotatable bonds is 5. The van der Waals surface area contributed by atoms with Gasteiger partial charge in [-0.2, -0.15) is 5.10 Å². The van der Waals surface area contributed by atoms with Crippen molar-refractivity contribution in [3.63, 3.8) is 0 Å². The van der Waals surface area contributed by atoms with E-state index in [-0.39, 0.29) is 24.6 Å². The van der Waals surface area contributed by atoms with Crippen molar-refractivity contribution >= 4 is 17.5 Å². The Labute approximate surface area is 164 Å². The number of amides is 2. The van der Waals surface area contributed by atoms with Gasteiger partial charge >= 0.3 is 0 Å². The first-order chi connectivity index (χ1) is 14.0. The lowest BCUT2D eigenvalue weighted by molar-refractivity contribution is -0.117. The molecule has 0 aliphatic carbocycles. The van der Waals surface area contributed by atoms with Crippen molar-refractivity contribution in [3.8, 4) is 22.8 Å². The van der Waals surface area contributed by atoms with Crippen LogP contribution in [0.25, 0.3) is 11.3 Å². The zero-order valence-electron chi connectivity index (χ0n) is 15.1. The molecular weight excluding hydrogens is 376 g/mol. The lowest BCUT2D eigenvalue weighted by Gasteiger charge is -2.10. The van der Waals surface area contributed by atoms with E-state index in [1.807, 2.05) is 0 Å². The minimum Gasteiger partial charge on any atom is -0.454 e. The number of hydrogen-bond acceptors (Lipinski definition) is 6. The summed E-state index contributed by atoms with van der Waals surface area (Å²) in [5, 5.41) is 6.85. The third kappa shape index (κ3) is 3.79. The van der Waals surface area contributed by atoms with Crippen molar-refractivity contribution < 1.29 is 19.1 Å². The third-order valence-electron chi connectivity index (χ3n) is 4.29. The van der Waals surface area contributed by atoms with Gasteiger partial charge in [-0.05, 0) is 36.4 Å².